The summed E-state index contributed by atoms with van der Waals surface area (Å²) in [7, 11) is 0. The number of unbranched alkanes of at least 4 members (excludes halogenated alkanes) is 4. The third-order valence-corrected chi connectivity index (χ3v) is 3.28. The molecule has 0 saturated carbocycles. The van der Waals surface area contributed by atoms with Gasteiger partial charge in [0.1, 0.15) is 0 Å². The van der Waals surface area contributed by atoms with Gasteiger partial charge in [0, 0.05) is 19.6 Å². The molecule has 1 atom stereocenters. The Kier molecular flexibility index (Phi) is 9.72. The van der Waals surface area contributed by atoms with Crippen LogP contribution in [0.3, 0.4) is 0 Å². The van der Waals surface area contributed by atoms with E-state index in [2.05, 4.69) is 0 Å². The Labute approximate surface area is 116 Å². The van der Waals surface area contributed by atoms with E-state index in [1.807, 2.05) is 6.92 Å². The molecule has 0 aliphatic carbocycles. The van der Waals surface area contributed by atoms with Gasteiger partial charge in [-0.2, -0.15) is 0 Å². The number of ether oxygens (including phenoxy) is 3. The number of esters is 1. The predicted molar refractivity (Wildman–Crippen MR) is 73.9 cm³/mol. The maximum absolute atomic E-state index is 10.9. The van der Waals surface area contributed by atoms with E-state index in [1.54, 1.807) is 0 Å². The van der Waals surface area contributed by atoms with Crippen molar-refractivity contribution < 1.29 is 19.0 Å². The van der Waals surface area contributed by atoms with Gasteiger partial charge >= 0.3 is 5.97 Å². The normalized spacial score (nSPS) is 19.3. The summed E-state index contributed by atoms with van der Waals surface area (Å²) in [5.74, 6) is -0.0964. The van der Waals surface area contributed by atoms with Gasteiger partial charge in [0.15, 0.2) is 6.29 Å². The second kappa shape index (κ2) is 11.2. The van der Waals surface area contributed by atoms with E-state index in [0.29, 0.717) is 13.0 Å². The molecule has 1 aliphatic rings. The molecule has 0 spiro atoms. The summed E-state index contributed by atoms with van der Waals surface area (Å²) < 4.78 is 16.2. The number of rotatable bonds is 10. The minimum atomic E-state index is -0.0964. The Morgan fingerprint density at radius 3 is 2.53 bits per heavy atom. The van der Waals surface area contributed by atoms with Crippen LogP contribution in [0.15, 0.2) is 0 Å². The molecule has 0 amide bonds. The van der Waals surface area contributed by atoms with Gasteiger partial charge in [-0.25, -0.2) is 0 Å². The second-order valence-corrected chi connectivity index (χ2v) is 5.01. The van der Waals surface area contributed by atoms with E-state index < -0.39 is 0 Å². The summed E-state index contributed by atoms with van der Waals surface area (Å²) in [4.78, 5) is 10.9. The number of carbonyl (C=O) groups is 1. The predicted octanol–water partition coefficient (Wildman–Crippen LogP) is 3.43. The molecule has 1 fully saturated rings. The molecule has 0 aromatic heterocycles. The van der Waals surface area contributed by atoms with Gasteiger partial charge in [0.05, 0.1) is 6.61 Å². The van der Waals surface area contributed by atoms with Crippen molar-refractivity contribution in [3.8, 4) is 0 Å². The van der Waals surface area contributed by atoms with E-state index >= 15 is 0 Å². The standard InChI is InChI=1S/C15H28O4/c1-2-14(16)17-11-7-4-3-5-8-12-18-15-10-6-9-13-19-15/h15H,2-13H2,1H3. The van der Waals surface area contributed by atoms with Crippen LogP contribution in [0.2, 0.25) is 0 Å². The Morgan fingerprint density at radius 1 is 1.11 bits per heavy atom. The second-order valence-electron chi connectivity index (χ2n) is 5.01. The van der Waals surface area contributed by atoms with E-state index in [4.69, 9.17) is 14.2 Å². The van der Waals surface area contributed by atoms with Crippen LogP contribution in [0, 0.1) is 0 Å². The highest BCUT2D eigenvalue weighted by molar-refractivity contribution is 5.68. The Morgan fingerprint density at radius 2 is 1.84 bits per heavy atom. The molecule has 0 aromatic carbocycles. The van der Waals surface area contributed by atoms with Crippen molar-refractivity contribution >= 4 is 5.97 Å². The molecule has 1 unspecified atom stereocenters. The van der Waals surface area contributed by atoms with Crippen LogP contribution in [0.25, 0.3) is 0 Å². The lowest BCUT2D eigenvalue weighted by molar-refractivity contribution is -0.162. The number of hydrogen-bond donors (Lipinski definition) is 0. The molecular formula is C15H28O4. The van der Waals surface area contributed by atoms with Crippen molar-refractivity contribution in [3.63, 3.8) is 0 Å². The molecule has 1 saturated heterocycles. The fourth-order valence-electron chi connectivity index (χ4n) is 2.08. The summed E-state index contributed by atoms with van der Waals surface area (Å²) in [6.45, 7) is 4.04. The molecule has 1 rings (SSSR count). The average molecular weight is 272 g/mol. The van der Waals surface area contributed by atoms with Gasteiger partial charge in [-0.05, 0) is 32.1 Å². The lowest BCUT2D eigenvalue weighted by atomic mass is 10.1. The molecule has 4 heteroatoms. The SMILES string of the molecule is CCC(=O)OCCCCCCCOC1CCCCO1. The molecule has 0 aromatic rings. The van der Waals surface area contributed by atoms with Gasteiger partial charge in [-0.15, -0.1) is 0 Å². The molecule has 0 radical (unpaired) electrons. The minimum Gasteiger partial charge on any atom is -0.466 e. The summed E-state index contributed by atoms with van der Waals surface area (Å²) >= 11 is 0. The van der Waals surface area contributed by atoms with Crippen LogP contribution < -0.4 is 0 Å². The summed E-state index contributed by atoms with van der Waals surface area (Å²) in [6.07, 6.45) is 9.49. The fourth-order valence-corrected chi connectivity index (χ4v) is 2.08. The lowest BCUT2D eigenvalue weighted by Gasteiger charge is -2.22. The highest BCUT2D eigenvalue weighted by atomic mass is 16.7. The van der Waals surface area contributed by atoms with Crippen LogP contribution in [0.5, 0.6) is 0 Å². The zero-order valence-corrected chi connectivity index (χ0v) is 12.2. The summed E-state index contributed by atoms with van der Waals surface area (Å²) in [6, 6.07) is 0. The molecule has 1 heterocycles. The van der Waals surface area contributed by atoms with Gasteiger partial charge in [-0.3, -0.25) is 4.79 Å². The smallest absolute Gasteiger partial charge is 0.305 e. The molecule has 0 bridgehead atoms. The Bertz CT molecular complexity index is 224. The third-order valence-electron chi connectivity index (χ3n) is 3.28. The first-order valence-electron chi connectivity index (χ1n) is 7.71. The minimum absolute atomic E-state index is 0.0437. The summed E-state index contributed by atoms with van der Waals surface area (Å²) in [5, 5.41) is 0. The highest BCUT2D eigenvalue weighted by Crippen LogP contribution is 2.14. The van der Waals surface area contributed by atoms with E-state index in [0.717, 1.165) is 38.9 Å². The first kappa shape index (κ1) is 16.4. The largest absolute Gasteiger partial charge is 0.466 e. The first-order valence-corrected chi connectivity index (χ1v) is 7.71. The van der Waals surface area contributed by atoms with Gasteiger partial charge in [0.25, 0.3) is 0 Å². The van der Waals surface area contributed by atoms with Crippen LogP contribution >= 0.6 is 0 Å². The van der Waals surface area contributed by atoms with Gasteiger partial charge in [0.2, 0.25) is 0 Å². The molecule has 4 nitrogen and oxygen atoms in total. The quantitative estimate of drug-likeness (QED) is 0.451. The lowest BCUT2D eigenvalue weighted by Crippen LogP contribution is -2.22. The van der Waals surface area contributed by atoms with Crippen LogP contribution in [0.1, 0.15) is 64.7 Å². The average Bonchev–Trinajstić information content (AvgIpc) is 2.46. The van der Waals surface area contributed by atoms with Crippen molar-refractivity contribution in [2.24, 2.45) is 0 Å². The van der Waals surface area contributed by atoms with E-state index in [1.165, 1.54) is 25.7 Å². The monoisotopic (exact) mass is 272 g/mol. The zero-order chi connectivity index (χ0) is 13.8. The number of hydrogen-bond acceptors (Lipinski definition) is 4. The fraction of sp³-hybridized carbons (Fsp3) is 0.933. The van der Waals surface area contributed by atoms with E-state index in [9.17, 15) is 4.79 Å². The van der Waals surface area contributed by atoms with Crippen molar-refractivity contribution in [1.29, 1.82) is 0 Å². The van der Waals surface area contributed by atoms with E-state index in [-0.39, 0.29) is 12.3 Å². The van der Waals surface area contributed by atoms with Crippen LogP contribution in [-0.2, 0) is 19.0 Å². The third kappa shape index (κ3) is 9.00. The van der Waals surface area contributed by atoms with Crippen molar-refractivity contribution in [3.05, 3.63) is 0 Å². The molecule has 0 N–H and O–H groups in total. The molecule has 19 heavy (non-hydrogen) atoms. The van der Waals surface area contributed by atoms with Crippen LogP contribution in [-0.4, -0.2) is 32.1 Å². The Hall–Kier alpha value is -0.610. The highest BCUT2D eigenvalue weighted by Gasteiger charge is 2.13. The number of carbonyl (C=O) groups excluding carboxylic acids is 1. The van der Waals surface area contributed by atoms with Crippen molar-refractivity contribution in [2.45, 2.75) is 71.0 Å². The maximum atomic E-state index is 10.9. The van der Waals surface area contributed by atoms with Crippen LogP contribution in [0.4, 0.5) is 0 Å². The molecular weight excluding hydrogens is 244 g/mol. The topological polar surface area (TPSA) is 44.8 Å². The molecule has 1 aliphatic heterocycles. The zero-order valence-electron chi connectivity index (χ0n) is 12.2. The Balaban J connectivity index is 1.77. The maximum Gasteiger partial charge on any atom is 0.305 e. The van der Waals surface area contributed by atoms with Crippen molar-refractivity contribution in [1.82, 2.24) is 0 Å². The van der Waals surface area contributed by atoms with Gasteiger partial charge in [-0.1, -0.05) is 26.2 Å². The van der Waals surface area contributed by atoms with Crippen molar-refractivity contribution in [2.75, 3.05) is 19.8 Å². The summed E-state index contributed by atoms with van der Waals surface area (Å²) in [5.41, 5.74) is 0. The molecule has 112 valence electrons. The first-order chi connectivity index (χ1) is 9.33. The van der Waals surface area contributed by atoms with Gasteiger partial charge < -0.3 is 14.2 Å².